The second-order valence-electron chi connectivity index (χ2n) is 7.17. The van der Waals surface area contributed by atoms with Crippen LogP contribution >= 0.6 is 0 Å². The molecule has 0 bridgehead atoms. The van der Waals surface area contributed by atoms with Crippen LogP contribution in [0, 0.1) is 0 Å². The molecule has 2 amide bonds. The first kappa shape index (κ1) is 18.9. The Balaban J connectivity index is 1.31. The van der Waals surface area contributed by atoms with Gasteiger partial charge in [-0.1, -0.05) is 18.2 Å². The molecule has 0 aliphatic carbocycles. The third-order valence-electron chi connectivity index (χ3n) is 5.31. The number of carbonyl (C=O) groups is 2. The Morgan fingerprint density at radius 1 is 0.846 bits per heavy atom. The average molecular weight is 358 g/mol. The number of nitrogens with one attached hydrogen (secondary N) is 1. The number of hydrogen-bond acceptors (Lipinski definition) is 4. The van der Waals surface area contributed by atoms with Crippen LogP contribution in [0.2, 0.25) is 0 Å². The Labute approximate surface area is 156 Å². The highest BCUT2D eigenvalue weighted by Crippen LogP contribution is 2.09. The number of nitrogens with zero attached hydrogens (tertiary/aromatic N) is 3. The zero-order valence-corrected chi connectivity index (χ0v) is 15.5. The van der Waals surface area contributed by atoms with Gasteiger partial charge in [-0.05, 0) is 57.6 Å². The van der Waals surface area contributed by atoms with Crippen LogP contribution in [-0.2, 0) is 4.79 Å². The van der Waals surface area contributed by atoms with Gasteiger partial charge < -0.3 is 15.1 Å². The van der Waals surface area contributed by atoms with E-state index in [4.69, 9.17) is 0 Å². The van der Waals surface area contributed by atoms with Crippen LogP contribution in [0.25, 0.3) is 0 Å². The van der Waals surface area contributed by atoms with E-state index in [1.165, 1.54) is 38.9 Å². The van der Waals surface area contributed by atoms with E-state index in [0.29, 0.717) is 5.56 Å². The summed E-state index contributed by atoms with van der Waals surface area (Å²) in [6.07, 6.45) is 3.91. The number of amides is 2. The molecule has 2 aliphatic rings. The number of rotatable bonds is 7. The molecule has 6 heteroatoms. The van der Waals surface area contributed by atoms with Gasteiger partial charge in [0.1, 0.15) is 0 Å². The highest BCUT2D eigenvalue weighted by Gasteiger charge is 2.21. The van der Waals surface area contributed by atoms with Crippen molar-refractivity contribution in [1.82, 2.24) is 20.0 Å². The summed E-state index contributed by atoms with van der Waals surface area (Å²) in [5, 5.41) is 2.72. The Morgan fingerprint density at radius 3 is 2.12 bits per heavy atom. The lowest BCUT2D eigenvalue weighted by molar-refractivity contribution is -0.131. The van der Waals surface area contributed by atoms with Crippen LogP contribution < -0.4 is 5.32 Å². The van der Waals surface area contributed by atoms with Gasteiger partial charge >= 0.3 is 0 Å². The molecular weight excluding hydrogens is 328 g/mol. The summed E-state index contributed by atoms with van der Waals surface area (Å²) in [5.41, 5.74) is 0.586. The third-order valence-corrected chi connectivity index (χ3v) is 5.31. The molecule has 2 fully saturated rings. The monoisotopic (exact) mass is 358 g/mol. The molecule has 0 atom stereocenters. The Morgan fingerprint density at radius 2 is 1.46 bits per heavy atom. The summed E-state index contributed by atoms with van der Waals surface area (Å²) in [6.45, 7) is 8.27. The van der Waals surface area contributed by atoms with Gasteiger partial charge in [-0.25, -0.2) is 0 Å². The van der Waals surface area contributed by atoms with E-state index in [1.54, 1.807) is 12.1 Å². The van der Waals surface area contributed by atoms with Gasteiger partial charge in [-0.15, -0.1) is 0 Å². The topological polar surface area (TPSA) is 55.9 Å². The Bertz CT molecular complexity index is 579. The van der Waals surface area contributed by atoms with Gasteiger partial charge in [-0.3, -0.25) is 14.5 Å². The molecule has 0 radical (unpaired) electrons. The summed E-state index contributed by atoms with van der Waals surface area (Å²) in [4.78, 5) is 31.2. The maximum absolute atomic E-state index is 12.3. The molecule has 0 unspecified atom stereocenters. The number of hydrogen-bond donors (Lipinski definition) is 1. The lowest BCUT2D eigenvalue weighted by atomic mass is 10.2. The minimum atomic E-state index is -0.195. The van der Waals surface area contributed by atoms with Gasteiger partial charge in [0, 0.05) is 31.7 Å². The molecule has 2 saturated heterocycles. The van der Waals surface area contributed by atoms with Gasteiger partial charge in [0.25, 0.3) is 5.91 Å². The van der Waals surface area contributed by atoms with Crippen LogP contribution in [-0.4, -0.2) is 85.4 Å². The van der Waals surface area contributed by atoms with Crippen molar-refractivity contribution >= 4 is 11.8 Å². The van der Waals surface area contributed by atoms with Crippen molar-refractivity contribution in [1.29, 1.82) is 0 Å². The molecule has 2 aliphatic heterocycles. The first-order valence-electron chi connectivity index (χ1n) is 9.78. The summed E-state index contributed by atoms with van der Waals surface area (Å²) >= 11 is 0. The van der Waals surface area contributed by atoms with E-state index in [-0.39, 0.29) is 18.4 Å². The normalized spacial score (nSPS) is 18.8. The Hall–Kier alpha value is -1.92. The molecular formula is C20H30N4O2. The van der Waals surface area contributed by atoms with Crippen LogP contribution in [0.1, 0.15) is 29.6 Å². The van der Waals surface area contributed by atoms with Crippen LogP contribution in [0.4, 0.5) is 0 Å². The lowest BCUT2D eigenvalue weighted by Gasteiger charge is -2.35. The van der Waals surface area contributed by atoms with Crippen LogP contribution in [0.3, 0.4) is 0 Å². The van der Waals surface area contributed by atoms with Crippen molar-refractivity contribution < 1.29 is 9.59 Å². The SMILES string of the molecule is O=C(NCC(=O)N1CCN(CCCN2CCCC2)CC1)c1ccccc1. The fraction of sp³-hybridized carbons (Fsp3) is 0.600. The number of benzene rings is 1. The highest BCUT2D eigenvalue weighted by molar-refractivity contribution is 5.96. The summed E-state index contributed by atoms with van der Waals surface area (Å²) in [6, 6.07) is 9.01. The second-order valence-corrected chi connectivity index (χ2v) is 7.17. The first-order chi connectivity index (χ1) is 12.7. The predicted molar refractivity (Wildman–Crippen MR) is 102 cm³/mol. The van der Waals surface area contributed by atoms with Crippen molar-refractivity contribution in [2.75, 3.05) is 58.9 Å². The fourth-order valence-electron chi connectivity index (χ4n) is 3.70. The molecule has 1 aromatic rings. The quantitative estimate of drug-likeness (QED) is 0.792. The molecule has 142 valence electrons. The largest absolute Gasteiger partial charge is 0.343 e. The van der Waals surface area contributed by atoms with E-state index in [9.17, 15) is 9.59 Å². The molecule has 0 aromatic heterocycles. The molecule has 1 N–H and O–H groups in total. The molecule has 0 spiro atoms. The number of likely N-dealkylation sites (tertiary alicyclic amines) is 1. The minimum absolute atomic E-state index is 0.00555. The summed E-state index contributed by atoms with van der Waals surface area (Å²) < 4.78 is 0. The summed E-state index contributed by atoms with van der Waals surface area (Å²) in [5.74, 6) is -0.189. The van der Waals surface area contributed by atoms with Crippen molar-refractivity contribution in [3.8, 4) is 0 Å². The maximum atomic E-state index is 12.3. The van der Waals surface area contributed by atoms with Gasteiger partial charge in [0.15, 0.2) is 0 Å². The first-order valence-corrected chi connectivity index (χ1v) is 9.78. The summed E-state index contributed by atoms with van der Waals surface area (Å²) in [7, 11) is 0. The average Bonchev–Trinajstić information content (AvgIpc) is 3.20. The van der Waals surface area contributed by atoms with Gasteiger partial charge in [0.2, 0.25) is 5.91 Å². The molecule has 0 saturated carbocycles. The highest BCUT2D eigenvalue weighted by atomic mass is 16.2. The zero-order valence-electron chi connectivity index (χ0n) is 15.5. The predicted octanol–water partition coefficient (Wildman–Crippen LogP) is 1.05. The number of carbonyl (C=O) groups excluding carboxylic acids is 2. The van der Waals surface area contributed by atoms with E-state index in [2.05, 4.69) is 15.1 Å². The standard InChI is InChI=1S/C20H30N4O2/c25-19(17-21-20(26)18-7-2-1-3-8-18)24-15-13-23(14-16-24)12-6-11-22-9-4-5-10-22/h1-3,7-8H,4-6,9-17H2,(H,21,26). The maximum Gasteiger partial charge on any atom is 0.251 e. The smallest absolute Gasteiger partial charge is 0.251 e. The fourth-order valence-corrected chi connectivity index (χ4v) is 3.70. The number of piperazine rings is 1. The van der Waals surface area contributed by atoms with Crippen molar-refractivity contribution in [2.45, 2.75) is 19.3 Å². The van der Waals surface area contributed by atoms with Gasteiger partial charge in [-0.2, -0.15) is 0 Å². The zero-order chi connectivity index (χ0) is 18.2. The minimum Gasteiger partial charge on any atom is -0.343 e. The van der Waals surface area contributed by atoms with E-state index < -0.39 is 0 Å². The molecule has 26 heavy (non-hydrogen) atoms. The molecule has 6 nitrogen and oxygen atoms in total. The van der Waals surface area contributed by atoms with Gasteiger partial charge in [0.05, 0.1) is 6.54 Å². The lowest BCUT2D eigenvalue weighted by Crippen LogP contribution is -2.51. The second kappa shape index (κ2) is 9.69. The van der Waals surface area contributed by atoms with Crippen LogP contribution in [0.5, 0.6) is 0 Å². The van der Waals surface area contributed by atoms with E-state index in [0.717, 1.165) is 32.7 Å². The van der Waals surface area contributed by atoms with Crippen LogP contribution in [0.15, 0.2) is 30.3 Å². The molecule has 1 aromatic carbocycles. The third kappa shape index (κ3) is 5.54. The van der Waals surface area contributed by atoms with E-state index in [1.807, 2.05) is 23.1 Å². The Kier molecular flexibility index (Phi) is 7.03. The van der Waals surface area contributed by atoms with Crippen molar-refractivity contribution in [3.63, 3.8) is 0 Å². The van der Waals surface area contributed by atoms with Crippen molar-refractivity contribution in [2.24, 2.45) is 0 Å². The van der Waals surface area contributed by atoms with Crippen molar-refractivity contribution in [3.05, 3.63) is 35.9 Å². The molecule has 3 rings (SSSR count). The van der Waals surface area contributed by atoms with E-state index >= 15 is 0 Å². The molecule has 2 heterocycles.